The van der Waals surface area contributed by atoms with Crippen molar-refractivity contribution in [2.75, 3.05) is 0 Å². The van der Waals surface area contributed by atoms with E-state index in [1.54, 1.807) is 0 Å². The second kappa shape index (κ2) is 6.48. The summed E-state index contributed by atoms with van der Waals surface area (Å²) in [6.07, 6.45) is 4.32. The fourth-order valence-electron chi connectivity index (χ4n) is 2.42. The molecular formula is C14H15ClF3NO. The number of alkyl halides is 1. The lowest BCUT2D eigenvalue weighted by Crippen LogP contribution is -2.41. The minimum Gasteiger partial charge on any atom is -0.348 e. The van der Waals surface area contributed by atoms with Crippen LogP contribution in [0.3, 0.4) is 0 Å². The lowest BCUT2D eigenvalue weighted by Gasteiger charge is -2.21. The molecule has 0 radical (unpaired) electrons. The van der Waals surface area contributed by atoms with Crippen LogP contribution in [-0.2, 0) is 0 Å². The fourth-order valence-corrected chi connectivity index (χ4v) is 2.77. The summed E-state index contributed by atoms with van der Waals surface area (Å²) in [7, 11) is 0. The third-order valence-corrected chi connectivity index (χ3v) is 4.00. The van der Waals surface area contributed by atoms with Gasteiger partial charge in [-0.3, -0.25) is 4.79 Å². The summed E-state index contributed by atoms with van der Waals surface area (Å²) >= 11 is 6.16. The molecule has 2 atom stereocenters. The van der Waals surface area contributed by atoms with Gasteiger partial charge in [0.15, 0.2) is 0 Å². The van der Waals surface area contributed by atoms with Crippen molar-refractivity contribution in [2.24, 2.45) is 0 Å². The molecule has 2 rings (SSSR count). The van der Waals surface area contributed by atoms with Gasteiger partial charge in [0.25, 0.3) is 5.91 Å². The zero-order valence-corrected chi connectivity index (χ0v) is 11.5. The van der Waals surface area contributed by atoms with E-state index in [0.717, 1.165) is 25.7 Å². The number of halogens is 4. The molecule has 1 amide bonds. The summed E-state index contributed by atoms with van der Waals surface area (Å²) in [6.45, 7) is 0. The van der Waals surface area contributed by atoms with Crippen molar-refractivity contribution in [3.8, 4) is 0 Å². The van der Waals surface area contributed by atoms with Crippen LogP contribution in [0.1, 0.15) is 42.5 Å². The molecule has 0 bridgehead atoms. The Hall–Kier alpha value is -1.23. The van der Waals surface area contributed by atoms with Gasteiger partial charge in [-0.05, 0) is 12.8 Å². The van der Waals surface area contributed by atoms with Gasteiger partial charge in [0.1, 0.15) is 23.0 Å². The van der Waals surface area contributed by atoms with Gasteiger partial charge in [-0.2, -0.15) is 0 Å². The summed E-state index contributed by atoms with van der Waals surface area (Å²) in [5, 5.41) is 2.30. The van der Waals surface area contributed by atoms with Crippen molar-refractivity contribution >= 4 is 17.5 Å². The molecule has 1 saturated carbocycles. The van der Waals surface area contributed by atoms with E-state index in [4.69, 9.17) is 11.6 Å². The van der Waals surface area contributed by atoms with E-state index in [-0.39, 0.29) is 11.4 Å². The highest BCUT2D eigenvalue weighted by Crippen LogP contribution is 2.23. The van der Waals surface area contributed by atoms with E-state index in [9.17, 15) is 18.0 Å². The number of hydrogen-bond acceptors (Lipinski definition) is 1. The molecule has 1 fully saturated rings. The molecule has 2 nitrogen and oxygen atoms in total. The van der Waals surface area contributed by atoms with Gasteiger partial charge in [-0.15, -0.1) is 11.6 Å². The zero-order chi connectivity index (χ0) is 14.7. The number of hydrogen-bond donors (Lipinski definition) is 1. The van der Waals surface area contributed by atoms with Crippen molar-refractivity contribution < 1.29 is 18.0 Å². The van der Waals surface area contributed by atoms with Gasteiger partial charge in [0, 0.05) is 18.2 Å². The van der Waals surface area contributed by atoms with Crippen molar-refractivity contribution in [1.82, 2.24) is 5.32 Å². The molecule has 1 aromatic carbocycles. The van der Waals surface area contributed by atoms with Gasteiger partial charge >= 0.3 is 0 Å². The third kappa shape index (κ3) is 3.45. The maximum Gasteiger partial charge on any atom is 0.257 e. The first-order valence-corrected chi connectivity index (χ1v) is 7.02. The molecule has 20 heavy (non-hydrogen) atoms. The van der Waals surface area contributed by atoms with E-state index >= 15 is 0 Å². The Morgan fingerprint density at radius 2 is 1.70 bits per heavy atom. The summed E-state index contributed by atoms with van der Waals surface area (Å²) in [5.41, 5.74) is -0.764. The van der Waals surface area contributed by atoms with E-state index in [2.05, 4.69) is 5.32 Å². The molecule has 0 spiro atoms. The van der Waals surface area contributed by atoms with Gasteiger partial charge in [0.2, 0.25) is 0 Å². The monoisotopic (exact) mass is 305 g/mol. The fraction of sp³-hybridized carbons (Fsp3) is 0.500. The maximum absolute atomic E-state index is 13.5. The Morgan fingerprint density at radius 1 is 1.10 bits per heavy atom. The van der Waals surface area contributed by atoms with Crippen LogP contribution in [0.2, 0.25) is 0 Å². The molecule has 6 heteroatoms. The zero-order valence-electron chi connectivity index (χ0n) is 10.8. The predicted molar refractivity (Wildman–Crippen MR) is 70.3 cm³/mol. The average Bonchev–Trinajstić information content (AvgIpc) is 2.53. The van der Waals surface area contributed by atoms with Crippen molar-refractivity contribution in [1.29, 1.82) is 0 Å². The number of rotatable bonds is 2. The molecule has 0 saturated heterocycles. The van der Waals surface area contributed by atoms with E-state index in [0.29, 0.717) is 18.6 Å². The number of carbonyl (C=O) groups is 1. The Morgan fingerprint density at radius 3 is 2.35 bits per heavy atom. The molecule has 1 aliphatic rings. The molecule has 0 heterocycles. The summed E-state index contributed by atoms with van der Waals surface area (Å²) in [4.78, 5) is 12.0. The number of benzene rings is 1. The van der Waals surface area contributed by atoms with E-state index in [1.807, 2.05) is 0 Å². The summed E-state index contributed by atoms with van der Waals surface area (Å²) in [6, 6.07) is 0.655. The SMILES string of the molecule is O=C(NC1CCCCCC1Cl)c1c(F)cc(F)cc1F. The minimum absolute atomic E-state index is 0.256. The van der Waals surface area contributed by atoms with Gasteiger partial charge < -0.3 is 5.32 Å². The van der Waals surface area contributed by atoms with Gasteiger partial charge in [-0.1, -0.05) is 19.3 Å². The first kappa shape index (κ1) is 15.2. The predicted octanol–water partition coefficient (Wildman–Crippen LogP) is 3.77. The average molecular weight is 306 g/mol. The van der Waals surface area contributed by atoms with Crippen LogP contribution in [0.15, 0.2) is 12.1 Å². The highest BCUT2D eigenvalue weighted by molar-refractivity contribution is 6.21. The van der Waals surface area contributed by atoms with Crippen molar-refractivity contribution in [3.63, 3.8) is 0 Å². The second-order valence-corrected chi connectivity index (χ2v) is 5.54. The standard InChI is InChI=1S/C14H15ClF3NO/c15-9-4-2-1-3-5-12(9)19-14(20)13-10(17)6-8(16)7-11(13)18/h6-7,9,12H,1-5H2,(H,19,20). The molecule has 0 aliphatic heterocycles. The number of carbonyl (C=O) groups excluding carboxylic acids is 1. The van der Waals surface area contributed by atoms with Crippen LogP contribution < -0.4 is 5.32 Å². The number of amides is 1. The Labute approximate surface area is 120 Å². The van der Waals surface area contributed by atoms with Crippen LogP contribution in [0.25, 0.3) is 0 Å². The molecule has 1 aromatic rings. The smallest absolute Gasteiger partial charge is 0.257 e. The first-order valence-electron chi connectivity index (χ1n) is 6.58. The van der Waals surface area contributed by atoms with Crippen LogP contribution in [0, 0.1) is 17.5 Å². The topological polar surface area (TPSA) is 29.1 Å². The molecule has 0 aromatic heterocycles. The third-order valence-electron chi connectivity index (χ3n) is 3.48. The summed E-state index contributed by atoms with van der Waals surface area (Å²) in [5.74, 6) is -4.36. The number of nitrogens with one attached hydrogen (secondary N) is 1. The normalized spacial score (nSPS) is 23.2. The molecular weight excluding hydrogens is 291 g/mol. The largest absolute Gasteiger partial charge is 0.348 e. The quantitative estimate of drug-likeness (QED) is 0.654. The Kier molecular flexibility index (Phi) is 4.91. The molecule has 110 valence electrons. The maximum atomic E-state index is 13.5. The van der Waals surface area contributed by atoms with Crippen LogP contribution >= 0.6 is 11.6 Å². The van der Waals surface area contributed by atoms with Crippen LogP contribution in [0.4, 0.5) is 13.2 Å². The van der Waals surface area contributed by atoms with Crippen molar-refractivity contribution in [3.05, 3.63) is 35.1 Å². The lowest BCUT2D eigenvalue weighted by atomic mass is 10.1. The minimum atomic E-state index is -1.21. The molecule has 2 unspecified atom stereocenters. The first-order chi connectivity index (χ1) is 9.49. The van der Waals surface area contributed by atoms with Crippen molar-refractivity contribution in [2.45, 2.75) is 43.5 Å². The summed E-state index contributed by atoms with van der Waals surface area (Å²) < 4.78 is 39.9. The lowest BCUT2D eigenvalue weighted by molar-refractivity contribution is 0.0925. The van der Waals surface area contributed by atoms with Crippen LogP contribution in [-0.4, -0.2) is 17.3 Å². The van der Waals surface area contributed by atoms with E-state index in [1.165, 1.54) is 0 Å². The highest BCUT2D eigenvalue weighted by Gasteiger charge is 2.26. The Bertz CT molecular complexity index is 486. The van der Waals surface area contributed by atoms with Crippen LogP contribution in [0.5, 0.6) is 0 Å². The van der Waals surface area contributed by atoms with Gasteiger partial charge in [-0.25, -0.2) is 13.2 Å². The van der Waals surface area contributed by atoms with Gasteiger partial charge in [0.05, 0.1) is 5.38 Å². The second-order valence-electron chi connectivity index (χ2n) is 4.98. The Balaban J connectivity index is 2.15. The molecule has 1 N–H and O–H groups in total. The van der Waals surface area contributed by atoms with E-state index < -0.39 is 28.9 Å². The highest BCUT2D eigenvalue weighted by atomic mass is 35.5. The molecule has 1 aliphatic carbocycles.